The minimum atomic E-state index is 0.630. The third-order valence-corrected chi connectivity index (χ3v) is 3.75. The van der Waals surface area contributed by atoms with Crippen molar-refractivity contribution in [3.8, 4) is 0 Å². The summed E-state index contributed by atoms with van der Waals surface area (Å²) in [6, 6.07) is 4.00. The molecular formula is C12H14N4S. The van der Waals surface area contributed by atoms with Gasteiger partial charge >= 0.3 is 0 Å². The van der Waals surface area contributed by atoms with E-state index in [-0.39, 0.29) is 0 Å². The first kappa shape index (κ1) is 10.5. The van der Waals surface area contributed by atoms with Crippen LogP contribution in [0.5, 0.6) is 0 Å². The SMILES string of the molecule is Nc1nsc(NCc2cccnc2)c1C1CC1. The van der Waals surface area contributed by atoms with Crippen LogP contribution in [0.3, 0.4) is 0 Å². The molecule has 0 atom stereocenters. The van der Waals surface area contributed by atoms with Gasteiger partial charge in [-0.15, -0.1) is 0 Å². The normalized spacial score (nSPS) is 14.8. The lowest BCUT2D eigenvalue weighted by molar-refractivity contribution is 1.09. The van der Waals surface area contributed by atoms with E-state index in [0.29, 0.717) is 11.7 Å². The van der Waals surface area contributed by atoms with Crippen LogP contribution in [0, 0.1) is 0 Å². The number of hydrogen-bond acceptors (Lipinski definition) is 5. The van der Waals surface area contributed by atoms with E-state index in [9.17, 15) is 0 Å². The zero-order valence-electron chi connectivity index (χ0n) is 9.39. The Morgan fingerprint density at radius 2 is 2.35 bits per heavy atom. The summed E-state index contributed by atoms with van der Waals surface area (Å²) in [6.45, 7) is 0.773. The lowest BCUT2D eigenvalue weighted by Crippen LogP contribution is -2.00. The van der Waals surface area contributed by atoms with E-state index < -0.39 is 0 Å². The summed E-state index contributed by atoms with van der Waals surface area (Å²) in [5, 5.41) is 4.53. The first-order valence-corrected chi connectivity index (χ1v) is 6.50. The third kappa shape index (κ3) is 2.24. The molecule has 17 heavy (non-hydrogen) atoms. The molecule has 0 unspecified atom stereocenters. The zero-order valence-corrected chi connectivity index (χ0v) is 10.2. The molecule has 0 bridgehead atoms. The van der Waals surface area contributed by atoms with Gasteiger partial charge in [0.1, 0.15) is 10.8 Å². The number of rotatable bonds is 4. The Balaban J connectivity index is 1.73. The minimum Gasteiger partial charge on any atom is -0.383 e. The first-order valence-electron chi connectivity index (χ1n) is 5.72. The molecule has 0 saturated heterocycles. The summed E-state index contributed by atoms with van der Waals surface area (Å²) in [5.41, 5.74) is 8.29. The molecule has 0 aliphatic heterocycles. The molecule has 0 radical (unpaired) electrons. The molecular weight excluding hydrogens is 232 g/mol. The third-order valence-electron chi connectivity index (χ3n) is 2.92. The Bertz CT molecular complexity index is 504. The van der Waals surface area contributed by atoms with Crippen molar-refractivity contribution in [2.75, 3.05) is 11.1 Å². The number of hydrogen-bond donors (Lipinski definition) is 2. The van der Waals surface area contributed by atoms with Crippen LogP contribution in [0.2, 0.25) is 0 Å². The molecule has 1 aliphatic carbocycles. The quantitative estimate of drug-likeness (QED) is 0.870. The summed E-state index contributed by atoms with van der Waals surface area (Å²) in [7, 11) is 0. The summed E-state index contributed by atoms with van der Waals surface area (Å²) >= 11 is 1.46. The van der Waals surface area contributed by atoms with Gasteiger partial charge in [-0.25, -0.2) is 0 Å². The average Bonchev–Trinajstić information content (AvgIpc) is 3.12. The van der Waals surface area contributed by atoms with Gasteiger partial charge in [0.25, 0.3) is 0 Å². The molecule has 3 rings (SSSR count). The number of nitrogens with zero attached hydrogens (tertiary/aromatic N) is 2. The van der Waals surface area contributed by atoms with Crippen molar-refractivity contribution in [3.63, 3.8) is 0 Å². The van der Waals surface area contributed by atoms with E-state index in [0.717, 1.165) is 11.5 Å². The summed E-state index contributed by atoms with van der Waals surface area (Å²) in [4.78, 5) is 4.10. The van der Waals surface area contributed by atoms with Gasteiger partial charge in [0.05, 0.1) is 0 Å². The van der Waals surface area contributed by atoms with Crippen LogP contribution in [0.15, 0.2) is 24.5 Å². The maximum absolute atomic E-state index is 5.90. The van der Waals surface area contributed by atoms with Gasteiger partial charge < -0.3 is 11.1 Å². The molecule has 0 amide bonds. The highest BCUT2D eigenvalue weighted by Crippen LogP contribution is 2.47. The fraction of sp³-hybridized carbons (Fsp3) is 0.333. The van der Waals surface area contributed by atoms with Crippen molar-refractivity contribution in [2.24, 2.45) is 0 Å². The second kappa shape index (κ2) is 4.33. The molecule has 2 aromatic heterocycles. The van der Waals surface area contributed by atoms with E-state index in [1.54, 1.807) is 6.20 Å². The Hall–Kier alpha value is -1.62. The summed E-state index contributed by atoms with van der Waals surface area (Å²) in [6.07, 6.45) is 6.13. The molecule has 2 aromatic rings. The molecule has 0 spiro atoms. The van der Waals surface area contributed by atoms with Crippen molar-refractivity contribution < 1.29 is 0 Å². The Kier molecular flexibility index (Phi) is 2.68. The number of anilines is 2. The fourth-order valence-electron chi connectivity index (χ4n) is 1.89. The van der Waals surface area contributed by atoms with Crippen LogP contribution >= 0.6 is 11.5 Å². The molecule has 2 heterocycles. The van der Waals surface area contributed by atoms with Gasteiger partial charge in [0.15, 0.2) is 0 Å². The van der Waals surface area contributed by atoms with E-state index >= 15 is 0 Å². The smallest absolute Gasteiger partial charge is 0.142 e. The van der Waals surface area contributed by atoms with Crippen LogP contribution in [0.25, 0.3) is 0 Å². The van der Waals surface area contributed by atoms with E-state index in [1.807, 2.05) is 12.3 Å². The molecule has 1 aliphatic rings. The highest BCUT2D eigenvalue weighted by Gasteiger charge is 2.30. The number of nitrogens with one attached hydrogen (secondary N) is 1. The predicted octanol–water partition coefficient (Wildman–Crippen LogP) is 2.61. The maximum atomic E-state index is 5.90. The Labute approximate surface area is 104 Å². The Morgan fingerprint density at radius 3 is 3.06 bits per heavy atom. The van der Waals surface area contributed by atoms with Crippen molar-refractivity contribution in [3.05, 3.63) is 35.7 Å². The van der Waals surface area contributed by atoms with E-state index in [1.165, 1.54) is 35.5 Å². The van der Waals surface area contributed by atoms with Crippen LogP contribution in [0.4, 0.5) is 10.8 Å². The van der Waals surface area contributed by atoms with Gasteiger partial charge in [0, 0.05) is 24.5 Å². The monoisotopic (exact) mass is 246 g/mol. The fourth-order valence-corrected chi connectivity index (χ4v) is 2.68. The first-order chi connectivity index (χ1) is 8.34. The van der Waals surface area contributed by atoms with Gasteiger partial charge in [-0.2, -0.15) is 4.37 Å². The predicted molar refractivity (Wildman–Crippen MR) is 70.1 cm³/mol. The molecule has 4 nitrogen and oxygen atoms in total. The maximum Gasteiger partial charge on any atom is 0.142 e. The largest absolute Gasteiger partial charge is 0.383 e. The summed E-state index contributed by atoms with van der Waals surface area (Å²) < 4.78 is 4.23. The number of aromatic nitrogens is 2. The van der Waals surface area contributed by atoms with Gasteiger partial charge in [0.2, 0.25) is 0 Å². The van der Waals surface area contributed by atoms with Crippen LogP contribution in [-0.2, 0) is 6.54 Å². The zero-order chi connectivity index (χ0) is 11.7. The highest BCUT2D eigenvalue weighted by molar-refractivity contribution is 7.10. The summed E-state index contributed by atoms with van der Waals surface area (Å²) in [5.74, 6) is 1.33. The van der Waals surface area contributed by atoms with Gasteiger partial charge in [-0.1, -0.05) is 6.07 Å². The van der Waals surface area contributed by atoms with Crippen LogP contribution in [-0.4, -0.2) is 9.36 Å². The van der Waals surface area contributed by atoms with Crippen LogP contribution in [0.1, 0.15) is 29.9 Å². The number of nitrogen functional groups attached to an aromatic ring is 1. The van der Waals surface area contributed by atoms with Gasteiger partial charge in [-0.3, -0.25) is 4.98 Å². The second-order valence-corrected chi connectivity index (χ2v) is 5.07. The molecule has 5 heteroatoms. The van der Waals surface area contributed by atoms with Crippen molar-refractivity contribution in [2.45, 2.75) is 25.3 Å². The van der Waals surface area contributed by atoms with E-state index in [2.05, 4.69) is 20.7 Å². The lowest BCUT2D eigenvalue weighted by atomic mass is 10.2. The number of nitrogens with two attached hydrogens (primary N) is 1. The van der Waals surface area contributed by atoms with E-state index in [4.69, 9.17) is 5.73 Å². The van der Waals surface area contributed by atoms with Crippen molar-refractivity contribution in [1.82, 2.24) is 9.36 Å². The standard InChI is InChI=1S/C12H14N4S/c13-11-10(9-3-4-9)12(17-16-11)15-7-8-2-1-5-14-6-8/h1-2,5-6,9,15H,3-4,7H2,(H2,13,16). The van der Waals surface area contributed by atoms with Gasteiger partial charge in [-0.05, 0) is 41.9 Å². The minimum absolute atomic E-state index is 0.630. The second-order valence-electron chi connectivity index (χ2n) is 4.30. The topological polar surface area (TPSA) is 63.8 Å². The average molecular weight is 246 g/mol. The molecule has 1 fully saturated rings. The van der Waals surface area contributed by atoms with Crippen molar-refractivity contribution in [1.29, 1.82) is 0 Å². The molecule has 1 saturated carbocycles. The molecule has 88 valence electrons. The molecule has 0 aromatic carbocycles. The van der Waals surface area contributed by atoms with Crippen LogP contribution < -0.4 is 11.1 Å². The Morgan fingerprint density at radius 1 is 1.47 bits per heavy atom. The lowest BCUT2D eigenvalue weighted by Gasteiger charge is -2.05. The molecule has 3 N–H and O–H groups in total. The van der Waals surface area contributed by atoms with Crippen molar-refractivity contribution >= 4 is 22.4 Å². The number of pyridine rings is 1. The highest BCUT2D eigenvalue weighted by atomic mass is 32.1.